The highest BCUT2D eigenvalue weighted by Crippen LogP contribution is 2.27. The van der Waals surface area contributed by atoms with Crippen LogP contribution in [-0.2, 0) is 14.8 Å². The lowest BCUT2D eigenvalue weighted by Crippen LogP contribution is -2.46. The highest BCUT2D eigenvalue weighted by Gasteiger charge is 2.39. The van der Waals surface area contributed by atoms with E-state index in [0.717, 1.165) is 6.42 Å². The molecule has 0 spiro atoms. The SMILES string of the molecule is CC(C)CCNC(=O)[C@H]1CCCN1S(=O)(=O)c1ccc(Cl)cc1. The smallest absolute Gasteiger partial charge is 0.243 e. The Balaban J connectivity index is 2.11. The lowest BCUT2D eigenvalue weighted by molar-refractivity contribution is -0.124. The number of carbonyl (C=O) groups is 1. The number of sulfonamides is 1. The van der Waals surface area contributed by atoms with Gasteiger partial charge in [-0.3, -0.25) is 4.79 Å². The number of carbonyl (C=O) groups excluding carboxylic acids is 1. The quantitative estimate of drug-likeness (QED) is 0.850. The van der Waals surface area contributed by atoms with Crippen LogP contribution >= 0.6 is 11.6 Å². The van der Waals surface area contributed by atoms with Gasteiger partial charge in [0.1, 0.15) is 6.04 Å². The molecule has 1 aromatic rings. The van der Waals surface area contributed by atoms with Gasteiger partial charge < -0.3 is 5.32 Å². The molecule has 1 heterocycles. The van der Waals surface area contributed by atoms with Crippen LogP contribution in [-0.4, -0.2) is 37.8 Å². The van der Waals surface area contributed by atoms with E-state index in [4.69, 9.17) is 11.6 Å². The van der Waals surface area contributed by atoms with Gasteiger partial charge >= 0.3 is 0 Å². The van der Waals surface area contributed by atoms with Crippen LogP contribution in [0.2, 0.25) is 5.02 Å². The minimum atomic E-state index is -3.68. The Bertz CT molecular complexity index is 644. The third kappa shape index (κ3) is 4.46. The van der Waals surface area contributed by atoms with E-state index in [9.17, 15) is 13.2 Å². The predicted molar refractivity (Wildman–Crippen MR) is 90.8 cm³/mol. The lowest BCUT2D eigenvalue weighted by atomic mass is 10.1. The monoisotopic (exact) mass is 358 g/mol. The van der Waals surface area contributed by atoms with Crippen LogP contribution in [0.15, 0.2) is 29.2 Å². The molecule has 5 nitrogen and oxygen atoms in total. The predicted octanol–water partition coefficient (Wildman–Crippen LogP) is 2.66. The second-order valence-electron chi connectivity index (χ2n) is 6.20. The van der Waals surface area contributed by atoms with Crippen LogP contribution in [0.4, 0.5) is 0 Å². The Kier molecular flexibility index (Phi) is 6.06. The zero-order valence-electron chi connectivity index (χ0n) is 13.5. The van der Waals surface area contributed by atoms with Gasteiger partial charge in [0.15, 0.2) is 0 Å². The summed E-state index contributed by atoms with van der Waals surface area (Å²) in [5.74, 6) is 0.286. The van der Waals surface area contributed by atoms with E-state index in [-0.39, 0.29) is 10.8 Å². The first-order valence-corrected chi connectivity index (χ1v) is 9.69. The van der Waals surface area contributed by atoms with Crippen molar-refractivity contribution in [3.63, 3.8) is 0 Å². The molecule has 1 aliphatic rings. The maximum atomic E-state index is 12.7. The second-order valence-corrected chi connectivity index (χ2v) is 8.53. The molecule has 2 rings (SSSR count). The molecule has 1 fully saturated rings. The average molecular weight is 359 g/mol. The molecule has 0 radical (unpaired) electrons. The Morgan fingerprint density at radius 3 is 2.61 bits per heavy atom. The molecule has 1 N–H and O–H groups in total. The van der Waals surface area contributed by atoms with Crippen LogP contribution in [0.1, 0.15) is 33.1 Å². The molecule has 1 amide bonds. The Morgan fingerprint density at radius 2 is 2.00 bits per heavy atom. The number of amides is 1. The average Bonchev–Trinajstić information content (AvgIpc) is 2.97. The van der Waals surface area contributed by atoms with Gasteiger partial charge in [-0.25, -0.2) is 8.42 Å². The summed E-state index contributed by atoms with van der Waals surface area (Å²) in [5, 5.41) is 3.33. The molecule has 0 aromatic heterocycles. The van der Waals surface area contributed by atoms with Crippen molar-refractivity contribution < 1.29 is 13.2 Å². The normalized spacial score (nSPS) is 19.2. The van der Waals surface area contributed by atoms with E-state index >= 15 is 0 Å². The summed E-state index contributed by atoms with van der Waals surface area (Å²) in [4.78, 5) is 12.5. The van der Waals surface area contributed by atoms with Crippen molar-refractivity contribution in [1.29, 1.82) is 0 Å². The van der Waals surface area contributed by atoms with E-state index in [1.54, 1.807) is 12.1 Å². The number of hydrogen-bond donors (Lipinski definition) is 1. The van der Waals surface area contributed by atoms with Crippen molar-refractivity contribution in [2.75, 3.05) is 13.1 Å². The minimum absolute atomic E-state index is 0.170. The Labute approximate surface area is 143 Å². The number of hydrogen-bond acceptors (Lipinski definition) is 3. The summed E-state index contributed by atoms with van der Waals surface area (Å²) < 4.78 is 26.8. The van der Waals surface area contributed by atoms with Crippen molar-refractivity contribution >= 4 is 27.5 Å². The van der Waals surface area contributed by atoms with E-state index in [0.29, 0.717) is 36.9 Å². The van der Waals surface area contributed by atoms with Gasteiger partial charge in [0.05, 0.1) is 4.90 Å². The third-order valence-electron chi connectivity index (χ3n) is 3.95. The number of benzene rings is 1. The first-order chi connectivity index (χ1) is 10.8. The lowest BCUT2D eigenvalue weighted by Gasteiger charge is -2.23. The van der Waals surface area contributed by atoms with Crippen LogP contribution in [0, 0.1) is 5.92 Å². The summed E-state index contributed by atoms with van der Waals surface area (Å²) in [7, 11) is -3.68. The first-order valence-electron chi connectivity index (χ1n) is 7.87. The highest BCUT2D eigenvalue weighted by atomic mass is 35.5. The zero-order valence-corrected chi connectivity index (χ0v) is 15.0. The molecule has 7 heteroatoms. The molecule has 23 heavy (non-hydrogen) atoms. The fourth-order valence-electron chi connectivity index (χ4n) is 2.63. The zero-order chi connectivity index (χ0) is 17.0. The summed E-state index contributed by atoms with van der Waals surface area (Å²) in [6, 6.07) is 5.42. The largest absolute Gasteiger partial charge is 0.355 e. The van der Waals surface area contributed by atoms with Gasteiger partial charge in [-0.15, -0.1) is 0 Å². The number of rotatable bonds is 6. The molecule has 1 saturated heterocycles. The second kappa shape index (κ2) is 7.64. The van der Waals surface area contributed by atoms with Gasteiger partial charge in [-0.1, -0.05) is 25.4 Å². The van der Waals surface area contributed by atoms with Gasteiger partial charge in [-0.05, 0) is 49.4 Å². The molecule has 1 aliphatic heterocycles. The molecule has 128 valence electrons. The minimum Gasteiger partial charge on any atom is -0.355 e. The number of nitrogens with one attached hydrogen (secondary N) is 1. The molecule has 1 atom stereocenters. The molecular weight excluding hydrogens is 336 g/mol. The summed E-state index contributed by atoms with van der Waals surface area (Å²) in [5.41, 5.74) is 0. The van der Waals surface area contributed by atoms with E-state index in [1.165, 1.54) is 16.4 Å². The maximum Gasteiger partial charge on any atom is 0.243 e. The van der Waals surface area contributed by atoms with Gasteiger partial charge in [0, 0.05) is 18.1 Å². The summed E-state index contributed by atoms with van der Waals surface area (Å²) in [6.07, 6.45) is 2.12. The van der Waals surface area contributed by atoms with Gasteiger partial charge in [-0.2, -0.15) is 4.31 Å². The topological polar surface area (TPSA) is 66.5 Å². The van der Waals surface area contributed by atoms with Gasteiger partial charge in [0.25, 0.3) is 0 Å². The fourth-order valence-corrected chi connectivity index (χ4v) is 4.42. The van der Waals surface area contributed by atoms with Crippen LogP contribution < -0.4 is 5.32 Å². The van der Waals surface area contributed by atoms with Gasteiger partial charge in [0.2, 0.25) is 15.9 Å². The summed E-state index contributed by atoms with van der Waals surface area (Å²) in [6.45, 7) is 5.10. The number of halogens is 1. The summed E-state index contributed by atoms with van der Waals surface area (Å²) >= 11 is 5.81. The molecule has 0 unspecified atom stereocenters. The Morgan fingerprint density at radius 1 is 1.35 bits per heavy atom. The van der Waals surface area contributed by atoms with Crippen LogP contribution in [0.5, 0.6) is 0 Å². The van der Waals surface area contributed by atoms with E-state index in [2.05, 4.69) is 19.2 Å². The van der Waals surface area contributed by atoms with Crippen molar-refractivity contribution in [3.05, 3.63) is 29.3 Å². The van der Waals surface area contributed by atoms with E-state index < -0.39 is 16.1 Å². The number of nitrogens with zero attached hydrogens (tertiary/aromatic N) is 1. The molecule has 0 aliphatic carbocycles. The van der Waals surface area contributed by atoms with Crippen molar-refractivity contribution in [2.45, 2.75) is 44.0 Å². The van der Waals surface area contributed by atoms with E-state index in [1.807, 2.05) is 0 Å². The molecular formula is C16H23ClN2O3S. The first kappa shape index (κ1) is 18.2. The van der Waals surface area contributed by atoms with Crippen LogP contribution in [0.25, 0.3) is 0 Å². The Hall–Kier alpha value is -1.11. The van der Waals surface area contributed by atoms with Crippen molar-refractivity contribution in [2.24, 2.45) is 5.92 Å². The molecule has 0 saturated carbocycles. The van der Waals surface area contributed by atoms with Crippen molar-refractivity contribution in [1.82, 2.24) is 9.62 Å². The maximum absolute atomic E-state index is 12.7. The fraction of sp³-hybridized carbons (Fsp3) is 0.562. The molecule has 1 aromatic carbocycles. The molecule has 0 bridgehead atoms. The van der Waals surface area contributed by atoms with Crippen molar-refractivity contribution in [3.8, 4) is 0 Å². The third-order valence-corrected chi connectivity index (χ3v) is 6.12. The standard InChI is InChI=1S/C16H23ClN2O3S/c1-12(2)9-10-18-16(20)15-4-3-11-19(15)23(21,22)14-7-5-13(17)6-8-14/h5-8,12,15H,3-4,9-11H2,1-2H3,(H,18,20)/t15-/m1/s1. The highest BCUT2D eigenvalue weighted by molar-refractivity contribution is 7.89. The van der Waals surface area contributed by atoms with Crippen LogP contribution in [0.3, 0.4) is 0 Å².